The number of thioether (sulfide) groups is 1. The number of alkyl halides is 3. The third-order valence-corrected chi connectivity index (χ3v) is 5.08. The molecule has 0 bridgehead atoms. The standard InChI is InChI=1S/C20H16F3NO4S2/c1-26-15-7-2-4-12(10-16-18(25)24-19(29)30-16)17(15)28-9-8-27-14-6-3-5-13(11-14)20(21,22)23/h2-7,10-11H,8-9H2,1H3,(H,24,25,29)/b16-10-. The highest BCUT2D eigenvalue weighted by molar-refractivity contribution is 8.26. The summed E-state index contributed by atoms with van der Waals surface area (Å²) in [7, 11) is 1.48. The topological polar surface area (TPSA) is 56.8 Å². The fraction of sp³-hybridized carbons (Fsp3) is 0.200. The van der Waals surface area contributed by atoms with Crippen LogP contribution in [0.15, 0.2) is 47.4 Å². The molecule has 0 radical (unpaired) electrons. The molecule has 1 N–H and O–H groups in total. The van der Waals surface area contributed by atoms with Crippen molar-refractivity contribution in [1.82, 2.24) is 5.32 Å². The monoisotopic (exact) mass is 455 g/mol. The molecule has 2 aromatic carbocycles. The lowest BCUT2D eigenvalue weighted by Gasteiger charge is -2.14. The van der Waals surface area contributed by atoms with Crippen LogP contribution in [-0.4, -0.2) is 30.6 Å². The number of hydrogen-bond donors (Lipinski definition) is 1. The maximum absolute atomic E-state index is 12.8. The number of ether oxygens (including phenoxy) is 3. The summed E-state index contributed by atoms with van der Waals surface area (Å²) in [5.41, 5.74) is -0.194. The van der Waals surface area contributed by atoms with Crippen LogP contribution >= 0.6 is 24.0 Å². The second-order valence-electron chi connectivity index (χ2n) is 5.95. The van der Waals surface area contributed by atoms with E-state index in [0.717, 1.165) is 23.9 Å². The van der Waals surface area contributed by atoms with Gasteiger partial charge in [-0.1, -0.05) is 42.2 Å². The largest absolute Gasteiger partial charge is 0.493 e. The number of thiocarbonyl (C=S) groups is 1. The summed E-state index contributed by atoms with van der Waals surface area (Å²) in [5.74, 6) is 0.607. The van der Waals surface area contributed by atoms with E-state index < -0.39 is 11.7 Å². The van der Waals surface area contributed by atoms with E-state index >= 15 is 0 Å². The number of hydrogen-bond acceptors (Lipinski definition) is 6. The van der Waals surface area contributed by atoms with Gasteiger partial charge in [0.15, 0.2) is 11.5 Å². The third-order valence-electron chi connectivity index (χ3n) is 3.92. The molecule has 10 heteroatoms. The number of amides is 1. The molecular formula is C20H16F3NO4S2. The lowest BCUT2D eigenvalue weighted by atomic mass is 10.1. The van der Waals surface area contributed by atoms with Crippen LogP contribution in [0.2, 0.25) is 0 Å². The molecule has 0 spiro atoms. The number of rotatable bonds is 7. The van der Waals surface area contributed by atoms with Crippen molar-refractivity contribution in [3.63, 3.8) is 0 Å². The van der Waals surface area contributed by atoms with Crippen LogP contribution in [0.25, 0.3) is 6.08 Å². The first kappa shape index (κ1) is 22.0. The first-order valence-corrected chi connectivity index (χ1v) is 9.85. The zero-order valence-electron chi connectivity index (χ0n) is 15.6. The fourth-order valence-corrected chi connectivity index (χ4v) is 3.62. The SMILES string of the molecule is COc1cccc(/C=C2\SC(=S)NC2=O)c1OCCOc1cccc(C(F)(F)F)c1. The molecule has 1 saturated heterocycles. The maximum atomic E-state index is 12.8. The molecule has 1 aliphatic rings. The van der Waals surface area contributed by atoms with Crippen molar-refractivity contribution < 1.29 is 32.2 Å². The average Bonchev–Trinajstić information content (AvgIpc) is 3.02. The fourth-order valence-electron chi connectivity index (χ4n) is 2.59. The van der Waals surface area contributed by atoms with Gasteiger partial charge in [0.25, 0.3) is 5.91 Å². The zero-order chi connectivity index (χ0) is 21.7. The van der Waals surface area contributed by atoms with Gasteiger partial charge in [0.1, 0.15) is 23.3 Å². The Bertz CT molecular complexity index is 992. The Morgan fingerprint density at radius 3 is 2.53 bits per heavy atom. The number of carbonyl (C=O) groups is 1. The first-order chi connectivity index (χ1) is 14.3. The van der Waals surface area contributed by atoms with Crippen LogP contribution in [0.5, 0.6) is 17.2 Å². The van der Waals surface area contributed by atoms with Gasteiger partial charge in [0.2, 0.25) is 0 Å². The highest BCUT2D eigenvalue weighted by Gasteiger charge is 2.30. The lowest BCUT2D eigenvalue weighted by Crippen LogP contribution is -2.17. The molecule has 1 amide bonds. The van der Waals surface area contributed by atoms with Crippen LogP contribution in [0.1, 0.15) is 11.1 Å². The van der Waals surface area contributed by atoms with Crippen LogP contribution in [0.4, 0.5) is 13.2 Å². The predicted octanol–water partition coefficient (Wildman–Crippen LogP) is 4.66. The van der Waals surface area contributed by atoms with E-state index in [1.807, 2.05) is 0 Å². The Kier molecular flexibility index (Phi) is 6.88. The molecule has 0 aromatic heterocycles. The summed E-state index contributed by atoms with van der Waals surface area (Å²) < 4.78 is 55.2. The first-order valence-electron chi connectivity index (χ1n) is 8.62. The van der Waals surface area contributed by atoms with E-state index in [1.165, 1.54) is 19.2 Å². The van der Waals surface area contributed by atoms with E-state index in [1.54, 1.807) is 24.3 Å². The highest BCUT2D eigenvalue weighted by Crippen LogP contribution is 2.35. The van der Waals surface area contributed by atoms with Crippen molar-refractivity contribution in [2.24, 2.45) is 0 Å². The van der Waals surface area contributed by atoms with E-state index in [2.05, 4.69) is 5.32 Å². The molecule has 1 heterocycles. The summed E-state index contributed by atoms with van der Waals surface area (Å²) in [4.78, 5) is 12.3. The van der Waals surface area contributed by atoms with Gasteiger partial charge in [-0.3, -0.25) is 4.79 Å². The minimum Gasteiger partial charge on any atom is -0.493 e. The Morgan fingerprint density at radius 2 is 1.87 bits per heavy atom. The number of nitrogens with one attached hydrogen (secondary N) is 1. The quantitative estimate of drug-likeness (QED) is 0.372. The van der Waals surface area contributed by atoms with Crippen LogP contribution in [-0.2, 0) is 11.0 Å². The summed E-state index contributed by atoms with van der Waals surface area (Å²) >= 11 is 6.12. The molecule has 1 aliphatic heterocycles. The molecule has 0 atom stereocenters. The summed E-state index contributed by atoms with van der Waals surface area (Å²) in [6, 6.07) is 9.79. The Hall–Kier alpha value is -2.72. The van der Waals surface area contributed by atoms with Gasteiger partial charge in [0, 0.05) is 5.56 Å². The number of para-hydroxylation sites is 1. The van der Waals surface area contributed by atoms with Gasteiger partial charge in [-0.15, -0.1) is 0 Å². The normalized spacial score (nSPS) is 15.3. The van der Waals surface area contributed by atoms with Crippen LogP contribution in [0, 0.1) is 0 Å². The molecular weight excluding hydrogens is 439 g/mol. The number of methoxy groups -OCH3 is 1. The molecule has 158 valence electrons. The number of halogens is 3. The van der Waals surface area contributed by atoms with Gasteiger partial charge in [-0.05, 0) is 30.3 Å². The van der Waals surface area contributed by atoms with Crippen molar-refractivity contribution in [3.8, 4) is 17.2 Å². The van der Waals surface area contributed by atoms with Gasteiger partial charge >= 0.3 is 6.18 Å². The second kappa shape index (κ2) is 9.40. The van der Waals surface area contributed by atoms with E-state index in [0.29, 0.717) is 26.3 Å². The Balaban J connectivity index is 1.69. The van der Waals surface area contributed by atoms with Gasteiger partial charge < -0.3 is 19.5 Å². The molecule has 0 unspecified atom stereocenters. The number of benzene rings is 2. The molecule has 0 saturated carbocycles. The minimum atomic E-state index is -4.44. The van der Waals surface area contributed by atoms with E-state index in [4.69, 9.17) is 26.4 Å². The van der Waals surface area contributed by atoms with E-state index in [9.17, 15) is 18.0 Å². The third kappa shape index (κ3) is 5.45. The van der Waals surface area contributed by atoms with Gasteiger partial charge in [0.05, 0.1) is 17.6 Å². The van der Waals surface area contributed by atoms with Gasteiger partial charge in [-0.25, -0.2) is 0 Å². The molecule has 30 heavy (non-hydrogen) atoms. The minimum absolute atomic E-state index is 0.00862. The van der Waals surface area contributed by atoms with Crippen molar-refractivity contribution in [1.29, 1.82) is 0 Å². The van der Waals surface area contributed by atoms with Crippen molar-refractivity contribution in [3.05, 3.63) is 58.5 Å². The summed E-state index contributed by atoms with van der Waals surface area (Å²) in [5, 5.41) is 2.54. The van der Waals surface area contributed by atoms with Gasteiger partial charge in [-0.2, -0.15) is 13.2 Å². The van der Waals surface area contributed by atoms with Crippen molar-refractivity contribution in [2.75, 3.05) is 20.3 Å². The summed E-state index contributed by atoms with van der Waals surface area (Å²) in [6.45, 7) is 0.0548. The lowest BCUT2D eigenvalue weighted by molar-refractivity contribution is -0.137. The molecule has 5 nitrogen and oxygen atoms in total. The average molecular weight is 455 g/mol. The summed E-state index contributed by atoms with van der Waals surface area (Å²) in [6.07, 6.45) is -2.81. The number of carbonyl (C=O) groups excluding carboxylic acids is 1. The molecule has 3 rings (SSSR count). The van der Waals surface area contributed by atoms with Crippen LogP contribution < -0.4 is 19.5 Å². The van der Waals surface area contributed by atoms with E-state index in [-0.39, 0.29) is 24.9 Å². The van der Waals surface area contributed by atoms with Crippen LogP contribution in [0.3, 0.4) is 0 Å². The zero-order valence-corrected chi connectivity index (χ0v) is 17.2. The predicted molar refractivity (Wildman–Crippen MR) is 112 cm³/mol. The Labute approximate surface area is 180 Å². The molecule has 0 aliphatic carbocycles. The second-order valence-corrected chi connectivity index (χ2v) is 7.67. The highest BCUT2D eigenvalue weighted by atomic mass is 32.2. The van der Waals surface area contributed by atoms with Crippen molar-refractivity contribution in [2.45, 2.75) is 6.18 Å². The molecule has 1 fully saturated rings. The van der Waals surface area contributed by atoms with Crippen molar-refractivity contribution >= 4 is 40.3 Å². The maximum Gasteiger partial charge on any atom is 0.416 e. The smallest absolute Gasteiger partial charge is 0.416 e. The molecule has 2 aromatic rings. The Morgan fingerprint density at radius 1 is 1.13 bits per heavy atom.